The molecular formula is C18H15BrF3NO3. The Hall–Kier alpha value is -2.35. The van der Waals surface area contributed by atoms with E-state index in [0.29, 0.717) is 5.56 Å². The summed E-state index contributed by atoms with van der Waals surface area (Å²) in [4.78, 5) is 24.2. The van der Waals surface area contributed by atoms with Crippen LogP contribution >= 0.6 is 15.9 Å². The molecule has 26 heavy (non-hydrogen) atoms. The van der Waals surface area contributed by atoms with Gasteiger partial charge in [-0.15, -0.1) is 0 Å². The zero-order chi connectivity index (χ0) is 19.3. The maximum absolute atomic E-state index is 12.8. The standard InChI is InChI=1S/C18H15BrF3NO3/c1-26-17(25)16(12-5-7-14(19)8-6-12)23-15(24)10-11-3-2-4-13(9-11)18(20,21)22/h2-9,16H,10H2,1H3,(H,23,24). The van der Waals surface area contributed by atoms with Gasteiger partial charge in [0.25, 0.3) is 0 Å². The van der Waals surface area contributed by atoms with Crippen molar-refractivity contribution in [2.75, 3.05) is 7.11 Å². The molecule has 4 nitrogen and oxygen atoms in total. The lowest BCUT2D eigenvalue weighted by molar-refractivity contribution is -0.145. The van der Waals surface area contributed by atoms with Gasteiger partial charge >= 0.3 is 12.1 Å². The molecule has 0 aliphatic carbocycles. The van der Waals surface area contributed by atoms with Crippen LogP contribution in [0.4, 0.5) is 13.2 Å². The molecule has 0 saturated heterocycles. The van der Waals surface area contributed by atoms with Crippen LogP contribution in [-0.4, -0.2) is 19.0 Å². The minimum absolute atomic E-state index is 0.191. The molecule has 1 unspecified atom stereocenters. The van der Waals surface area contributed by atoms with Crippen molar-refractivity contribution in [2.45, 2.75) is 18.6 Å². The third kappa shape index (κ3) is 5.32. The van der Waals surface area contributed by atoms with E-state index in [2.05, 4.69) is 21.2 Å². The summed E-state index contributed by atoms with van der Waals surface area (Å²) in [6.45, 7) is 0. The highest BCUT2D eigenvalue weighted by Gasteiger charge is 2.30. The summed E-state index contributed by atoms with van der Waals surface area (Å²) in [6, 6.07) is 10.1. The molecular weight excluding hydrogens is 415 g/mol. The molecule has 1 atom stereocenters. The first-order valence-electron chi connectivity index (χ1n) is 7.49. The summed E-state index contributed by atoms with van der Waals surface area (Å²) in [6.07, 6.45) is -4.79. The Morgan fingerprint density at radius 3 is 2.38 bits per heavy atom. The first-order chi connectivity index (χ1) is 12.2. The number of halogens is 4. The fraction of sp³-hybridized carbons (Fsp3) is 0.222. The molecule has 0 aromatic heterocycles. The third-order valence-corrected chi connectivity index (χ3v) is 4.09. The maximum Gasteiger partial charge on any atom is 0.416 e. The summed E-state index contributed by atoms with van der Waals surface area (Å²) in [5, 5.41) is 2.50. The number of methoxy groups -OCH3 is 1. The van der Waals surface area contributed by atoms with Crippen LogP contribution in [0.1, 0.15) is 22.7 Å². The third-order valence-electron chi connectivity index (χ3n) is 3.56. The number of nitrogens with one attached hydrogen (secondary N) is 1. The quantitative estimate of drug-likeness (QED) is 0.729. The highest BCUT2D eigenvalue weighted by Crippen LogP contribution is 2.29. The molecule has 0 heterocycles. The number of amides is 1. The Kier molecular flexibility index (Phi) is 6.42. The molecule has 2 aromatic carbocycles. The minimum Gasteiger partial charge on any atom is -0.467 e. The SMILES string of the molecule is COC(=O)C(NC(=O)Cc1cccc(C(F)(F)F)c1)c1ccc(Br)cc1. The second kappa shape index (κ2) is 8.35. The van der Waals surface area contributed by atoms with E-state index in [9.17, 15) is 22.8 Å². The zero-order valence-corrected chi connectivity index (χ0v) is 15.2. The topological polar surface area (TPSA) is 55.4 Å². The Balaban J connectivity index is 2.15. The Morgan fingerprint density at radius 2 is 1.81 bits per heavy atom. The smallest absolute Gasteiger partial charge is 0.416 e. The molecule has 0 aliphatic rings. The number of hydrogen-bond acceptors (Lipinski definition) is 3. The van der Waals surface area contributed by atoms with E-state index in [1.165, 1.54) is 19.2 Å². The molecule has 0 spiro atoms. The molecule has 0 saturated carbocycles. The molecule has 2 aromatic rings. The van der Waals surface area contributed by atoms with Gasteiger partial charge in [-0.25, -0.2) is 4.79 Å². The van der Waals surface area contributed by atoms with Crippen LogP contribution in [0.25, 0.3) is 0 Å². The Labute approximate surface area is 156 Å². The van der Waals surface area contributed by atoms with Gasteiger partial charge in [0.15, 0.2) is 6.04 Å². The highest BCUT2D eigenvalue weighted by molar-refractivity contribution is 9.10. The Bertz CT molecular complexity index is 791. The number of benzene rings is 2. The first-order valence-corrected chi connectivity index (χ1v) is 8.29. The van der Waals surface area contributed by atoms with Crippen molar-refractivity contribution in [3.8, 4) is 0 Å². The van der Waals surface area contributed by atoms with Gasteiger partial charge in [-0.1, -0.05) is 46.3 Å². The second-order valence-electron chi connectivity index (χ2n) is 5.45. The van der Waals surface area contributed by atoms with Crippen LogP contribution in [-0.2, 0) is 26.9 Å². The van der Waals surface area contributed by atoms with Crippen LogP contribution in [0, 0.1) is 0 Å². The summed E-state index contributed by atoms with van der Waals surface area (Å²) in [7, 11) is 1.19. The van der Waals surface area contributed by atoms with E-state index in [4.69, 9.17) is 4.74 Å². The average molecular weight is 430 g/mol. The van der Waals surface area contributed by atoms with E-state index in [1.54, 1.807) is 24.3 Å². The Morgan fingerprint density at radius 1 is 1.15 bits per heavy atom. The molecule has 8 heteroatoms. The van der Waals surface area contributed by atoms with Gasteiger partial charge in [-0.3, -0.25) is 4.79 Å². The highest BCUT2D eigenvalue weighted by atomic mass is 79.9. The van der Waals surface area contributed by atoms with Gasteiger partial charge in [-0.2, -0.15) is 13.2 Å². The molecule has 0 bridgehead atoms. The van der Waals surface area contributed by atoms with Crippen molar-refractivity contribution < 1.29 is 27.5 Å². The fourth-order valence-electron chi connectivity index (χ4n) is 2.31. The van der Waals surface area contributed by atoms with Gasteiger partial charge in [0.1, 0.15) is 0 Å². The predicted octanol–water partition coefficient (Wildman–Crippen LogP) is 4.04. The average Bonchev–Trinajstić information content (AvgIpc) is 2.59. The molecule has 138 valence electrons. The normalized spacial score (nSPS) is 12.3. The van der Waals surface area contributed by atoms with Gasteiger partial charge in [0, 0.05) is 4.47 Å². The number of carbonyl (C=O) groups is 2. The van der Waals surface area contributed by atoms with Crippen LogP contribution in [0.5, 0.6) is 0 Å². The lowest BCUT2D eigenvalue weighted by Crippen LogP contribution is -2.35. The van der Waals surface area contributed by atoms with Gasteiger partial charge in [-0.05, 0) is 29.3 Å². The van der Waals surface area contributed by atoms with E-state index in [1.807, 2.05) is 0 Å². The van der Waals surface area contributed by atoms with Crippen LogP contribution in [0.2, 0.25) is 0 Å². The number of carbonyl (C=O) groups excluding carboxylic acids is 2. The lowest BCUT2D eigenvalue weighted by atomic mass is 10.0. The fourth-order valence-corrected chi connectivity index (χ4v) is 2.57. The van der Waals surface area contributed by atoms with Crippen LogP contribution in [0.15, 0.2) is 53.0 Å². The zero-order valence-electron chi connectivity index (χ0n) is 13.6. The van der Waals surface area contributed by atoms with Crippen molar-refractivity contribution in [1.82, 2.24) is 5.32 Å². The maximum atomic E-state index is 12.8. The van der Waals surface area contributed by atoms with E-state index >= 15 is 0 Å². The summed E-state index contributed by atoms with van der Waals surface area (Å²) in [5.74, 6) is -1.27. The van der Waals surface area contributed by atoms with Gasteiger partial charge < -0.3 is 10.1 Å². The van der Waals surface area contributed by atoms with Gasteiger partial charge in [0.05, 0.1) is 19.1 Å². The molecule has 0 aliphatic heterocycles. The second-order valence-corrected chi connectivity index (χ2v) is 6.37. The largest absolute Gasteiger partial charge is 0.467 e. The van der Waals surface area contributed by atoms with Crippen LogP contribution in [0.3, 0.4) is 0 Å². The lowest BCUT2D eigenvalue weighted by Gasteiger charge is -2.17. The predicted molar refractivity (Wildman–Crippen MR) is 92.2 cm³/mol. The molecule has 1 amide bonds. The summed E-state index contributed by atoms with van der Waals surface area (Å²) in [5.41, 5.74) is -0.144. The summed E-state index contributed by atoms with van der Waals surface area (Å²) < 4.78 is 43.8. The number of esters is 1. The molecule has 1 N–H and O–H groups in total. The van der Waals surface area contributed by atoms with Crippen molar-refractivity contribution in [1.29, 1.82) is 0 Å². The monoisotopic (exact) mass is 429 g/mol. The van der Waals surface area contributed by atoms with E-state index < -0.39 is 29.7 Å². The van der Waals surface area contributed by atoms with Crippen molar-refractivity contribution in [3.63, 3.8) is 0 Å². The summed E-state index contributed by atoms with van der Waals surface area (Å²) >= 11 is 3.27. The van der Waals surface area contributed by atoms with Crippen molar-refractivity contribution >= 4 is 27.8 Å². The van der Waals surface area contributed by atoms with Gasteiger partial charge in [0.2, 0.25) is 5.91 Å². The number of hydrogen-bond donors (Lipinski definition) is 1. The minimum atomic E-state index is -4.49. The van der Waals surface area contributed by atoms with Crippen molar-refractivity contribution in [2.24, 2.45) is 0 Å². The first kappa shape index (κ1) is 20.0. The van der Waals surface area contributed by atoms with Crippen LogP contribution < -0.4 is 5.32 Å². The number of ether oxygens (including phenoxy) is 1. The number of alkyl halides is 3. The number of rotatable bonds is 5. The molecule has 2 rings (SSSR count). The van der Waals surface area contributed by atoms with E-state index in [0.717, 1.165) is 16.6 Å². The van der Waals surface area contributed by atoms with E-state index in [-0.39, 0.29) is 12.0 Å². The molecule has 0 fully saturated rings. The molecule has 0 radical (unpaired) electrons. The van der Waals surface area contributed by atoms with Crippen molar-refractivity contribution in [3.05, 3.63) is 69.7 Å².